The number of benzene rings is 2. The summed E-state index contributed by atoms with van der Waals surface area (Å²) >= 11 is 0. The fourth-order valence-corrected chi connectivity index (χ4v) is 7.59. The van der Waals surface area contributed by atoms with Gasteiger partial charge in [-0.05, 0) is 87.3 Å². The third-order valence-corrected chi connectivity index (χ3v) is 10.7. The van der Waals surface area contributed by atoms with Gasteiger partial charge in [0.15, 0.2) is 0 Å². The molecule has 13 heteroatoms. The van der Waals surface area contributed by atoms with Crippen molar-refractivity contribution in [3.63, 3.8) is 0 Å². The van der Waals surface area contributed by atoms with Crippen LogP contribution < -0.4 is 16.0 Å². The summed E-state index contributed by atoms with van der Waals surface area (Å²) in [6.45, 7) is 2.21. The molecule has 4 aromatic rings. The molecule has 2 saturated carbocycles. The van der Waals surface area contributed by atoms with Crippen molar-refractivity contribution in [3.8, 4) is 11.3 Å². The average Bonchev–Trinajstić information content (AvgIpc) is 3.79. The lowest BCUT2D eigenvalue weighted by molar-refractivity contribution is -0.136. The lowest BCUT2D eigenvalue weighted by Gasteiger charge is -2.35. The highest BCUT2D eigenvalue weighted by molar-refractivity contribution is 6.23. The van der Waals surface area contributed by atoms with E-state index in [-0.39, 0.29) is 29.9 Å². The second-order valence-electron chi connectivity index (χ2n) is 14.3. The molecule has 3 aliphatic heterocycles. The maximum absolute atomic E-state index is 13.1. The fraction of sp³-hybridized carbons (Fsp3) is 0.432. The topological polar surface area (TPSA) is 160 Å². The SMILES string of the molecule is O=C1CCC(N2C(=O)c3ccc(NCCC[C@H]4C[C@@H](n5cc(-c6cnc7cc(NC8COC8)ccc7n6)c(C6CC6)n5)C4)cc3C2=O)C(=O)N1. The highest BCUT2D eigenvalue weighted by atomic mass is 16.5. The zero-order valence-electron chi connectivity index (χ0n) is 27.6. The zero-order valence-corrected chi connectivity index (χ0v) is 27.6. The molecule has 2 aromatic heterocycles. The van der Waals surface area contributed by atoms with Gasteiger partial charge in [0.1, 0.15) is 6.04 Å². The van der Waals surface area contributed by atoms with Crippen molar-refractivity contribution in [2.24, 2.45) is 5.92 Å². The molecule has 5 heterocycles. The maximum Gasteiger partial charge on any atom is 0.262 e. The minimum atomic E-state index is -0.965. The molecule has 5 aliphatic rings. The van der Waals surface area contributed by atoms with Crippen molar-refractivity contribution in [3.05, 3.63) is 65.6 Å². The van der Waals surface area contributed by atoms with Crippen LogP contribution in [0.25, 0.3) is 22.3 Å². The monoisotopic (exact) mass is 674 g/mol. The molecule has 4 amide bonds. The highest BCUT2D eigenvalue weighted by Crippen LogP contribution is 2.46. The van der Waals surface area contributed by atoms with Gasteiger partial charge in [0.05, 0.1) is 65.0 Å². The van der Waals surface area contributed by atoms with E-state index in [1.807, 2.05) is 18.3 Å². The van der Waals surface area contributed by atoms with E-state index in [9.17, 15) is 19.2 Å². The van der Waals surface area contributed by atoms with Gasteiger partial charge >= 0.3 is 0 Å². The largest absolute Gasteiger partial charge is 0.385 e. The van der Waals surface area contributed by atoms with Gasteiger partial charge in [0.25, 0.3) is 11.8 Å². The number of carbonyl (C=O) groups is 4. The van der Waals surface area contributed by atoms with Crippen LogP contribution in [0.3, 0.4) is 0 Å². The molecule has 256 valence electrons. The van der Waals surface area contributed by atoms with E-state index in [2.05, 4.69) is 32.9 Å². The number of carbonyl (C=O) groups excluding carboxylic acids is 4. The van der Waals surface area contributed by atoms with Crippen LogP contribution in [0.15, 0.2) is 48.8 Å². The zero-order chi connectivity index (χ0) is 33.9. The van der Waals surface area contributed by atoms with E-state index < -0.39 is 23.8 Å². The molecule has 2 saturated heterocycles. The van der Waals surface area contributed by atoms with Crippen LogP contribution in [0.5, 0.6) is 0 Å². The Labute approximate surface area is 288 Å². The Morgan fingerprint density at radius 3 is 2.50 bits per heavy atom. The van der Waals surface area contributed by atoms with Crippen LogP contribution in [-0.4, -0.2) is 80.1 Å². The fourth-order valence-electron chi connectivity index (χ4n) is 7.59. The average molecular weight is 675 g/mol. The van der Waals surface area contributed by atoms with Gasteiger partial charge in [-0.2, -0.15) is 5.10 Å². The first-order chi connectivity index (χ1) is 24.4. The number of hydrogen-bond acceptors (Lipinski definition) is 10. The van der Waals surface area contributed by atoms with Crippen LogP contribution >= 0.6 is 0 Å². The van der Waals surface area contributed by atoms with Crippen molar-refractivity contribution in [2.45, 2.75) is 75.4 Å². The van der Waals surface area contributed by atoms with E-state index >= 15 is 0 Å². The minimum absolute atomic E-state index is 0.0972. The van der Waals surface area contributed by atoms with Gasteiger partial charge < -0.3 is 15.4 Å². The first-order valence-electron chi connectivity index (χ1n) is 17.7. The molecule has 3 N–H and O–H groups in total. The number of nitrogens with one attached hydrogen (secondary N) is 3. The molecule has 0 radical (unpaired) electrons. The van der Waals surface area contributed by atoms with E-state index in [0.29, 0.717) is 23.9 Å². The number of rotatable bonds is 11. The molecule has 9 rings (SSSR count). The number of piperidine rings is 1. The van der Waals surface area contributed by atoms with E-state index in [4.69, 9.17) is 19.8 Å². The highest BCUT2D eigenvalue weighted by Gasteiger charge is 2.44. The van der Waals surface area contributed by atoms with Crippen LogP contribution in [0.1, 0.15) is 89.7 Å². The third kappa shape index (κ3) is 5.68. The minimum Gasteiger partial charge on any atom is -0.385 e. The molecule has 1 atom stereocenters. The predicted octanol–water partition coefficient (Wildman–Crippen LogP) is 4.43. The lowest BCUT2D eigenvalue weighted by Crippen LogP contribution is -2.54. The van der Waals surface area contributed by atoms with Crippen molar-refractivity contribution < 1.29 is 23.9 Å². The van der Waals surface area contributed by atoms with Crippen LogP contribution in [0.2, 0.25) is 0 Å². The third-order valence-electron chi connectivity index (χ3n) is 10.7. The van der Waals surface area contributed by atoms with E-state index in [1.165, 1.54) is 0 Å². The number of hydrogen-bond donors (Lipinski definition) is 3. The number of ether oxygens (including phenoxy) is 1. The summed E-state index contributed by atoms with van der Waals surface area (Å²) in [5.41, 5.74) is 7.22. The molecule has 50 heavy (non-hydrogen) atoms. The quantitative estimate of drug-likeness (QED) is 0.153. The molecule has 1 unspecified atom stereocenters. The normalized spacial score (nSPS) is 23.4. The Bertz CT molecular complexity index is 2050. The summed E-state index contributed by atoms with van der Waals surface area (Å²) in [6.07, 6.45) is 10.9. The molecule has 0 spiro atoms. The Morgan fingerprint density at radius 2 is 1.72 bits per heavy atom. The number of fused-ring (bicyclic) bond motifs is 2. The number of imide groups is 2. The first-order valence-corrected chi connectivity index (χ1v) is 17.7. The van der Waals surface area contributed by atoms with Crippen molar-refractivity contribution in [2.75, 3.05) is 30.4 Å². The Balaban J connectivity index is 0.787. The predicted molar refractivity (Wildman–Crippen MR) is 184 cm³/mol. The van der Waals surface area contributed by atoms with Gasteiger partial charge in [0.2, 0.25) is 11.8 Å². The van der Waals surface area contributed by atoms with E-state index in [1.54, 1.807) is 18.2 Å². The maximum atomic E-state index is 13.1. The summed E-state index contributed by atoms with van der Waals surface area (Å²) in [7, 11) is 0. The van der Waals surface area contributed by atoms with Crippen LogP contribution in [-0.2, 0) is 14.3 Å². The summed E-state index contributed by atoms with van der Waals surface area (Å²) in [4.78, 5) is 60.8. The lowest BCUT2D eigenvalue weighted by atomic mass is 9.77. The number of aromatic nitrogens is 4. The van der Waals surface area contributed by atoms with Crippen molar-refractivity contribution in [1.82, 2.24) is 30.0 Å². The van der Waals surface area contributed by atoms with Crippen LogP contribution in [0, 0.1) is 5.92 Å². The summed E-state index contributed by atoms with van der Waals surface area (Å²) < 4.78 is 7.44. The number of nitrogens with zero attached hydrogens (tertiary/aromatic N) is 5. The molecule has 4 fully saturated rings. The van der Waals surface area contributed by atoms with Gasteiger partial charge in [-0.3, -0.25) is 39.1 Å². The summed E-state index contributed by atoms with van der Waals surface area (Å²) in [5, 5.41) is 14.2. The Hall–Kier alpha value is -5.17. The van der Waals surface area contributed by atoms with Gasteiger partial charge in [-0.15, -0.1) is 0 Å². The van der Waals surface area contributed by atoms with Crippen molar-refractivity contribution in [1.29, 1.82) is 0 Å². The molecule has 0 bridgehead atoms. The second kappa shape index (κ2) is 12.3. The summed E-state index contributed by atoms with van der Waals surface area (Å²) in [6, 6.07) is 11.0. The number of amides is 4. The van der Waals surface area contributed by atoms with Gasteiger partial charge in [-0.25, -0.2) is 4.98 Å². The van der Waals surface area contributed by atoms with Crippen LogP contribution in [0.4, 0.5) is 11.4 Å². The van der Waals surface area contributed by atoms with Crippen molar-refractivity contribution >= 4 is 46.0 Å². The number of anilines is 2. The molecule has 13 nitrogen and oxygen atoms in total. The summed E-state index contributed by atoms with van der Waals surface area (Å²) in [5.74, 6) is -0.869. The van der Waals surface area contributed by atoms with Gasteiger partial charge in [-0.1, -0.05) is 0 Å². The molecule has 2 aliphatic carbocycles. The second-order valence-corrected chi connectivity index (χ2v) is 14.3. The standard InChI is InChI=1S/C37H38N8O5/c46-33-10-9-32(35(47)42-33)45-36(48)26-7-5-22(14-27(26)37(45)49)38-11-1-2-20-12-25(13-20)44-17-28(34(43-44)21-3-4-21)31-16-39-30-15-23(6-8-29(30)41-31)40-24-18-50-19-24/h5-8,14-17,20-21,24-25,32,38,40H,1-4,9-13,18-19H2,(H,42,46,47)/t20-,25+,32?. The Morgan fingerprint density at radius 1 is 0.900 bits per heavy atom. The molecular weight excluding hydrogens is 636 g/mol. The molecule has 2 aromatic carbocycles. The van der Waals surface area contributed by atoms with Gasteiger partial charge in [0, 0.05) is 42.0 Å². The Kier molecular flexibility index (Phi) is 7.59. The molecular formula is C37H38N8O5. The first kappa shape index (κ1) is 30.9. The van der Waals surface area contributed by atoms with E-state index in [0.717, 1.165) is 103 Å². The smallest absolute Gasteiger partial charge is 0.262 e.